The van der Waals surface area contributed by atoms with Crippen molar-refractivity contribution in [3.05, 3.63) is 0 Å². The minimum atomic E-state index is 0.00300. The van der Waals surface area contributed by atoms with Crippen LogP contribution < -0.4 is 0 Å². The second-order valence-corrected chi connectivity index (χ2v) is 23.9. The van der Waals surface area contributed by atoms with Gasteiger partial charge in [-0.05, 0) is 110 Å². The van der Waals surface area contributed by atoms with Crippen LogP contribution in [0.25, 0.3) is 0 Å². The molecule has 0 radical (unpaired) electrons. The number of unbranched alkanes of at least 4 members (excludes halogenated alkanes) is 28. The van der Waals surface area contributed by atoms with Crippen LogP contribution in [0.15, 0.2) is 0 Å². The van der Waals surface area contributed by atoms with Crippen LogP contribution in [-0.4, -0.2) is 98.6 Å². The monoisotopic (exact) mass is 1060 g/mol. The van der Waals surface area contributed by atoms with E-state index >= 15 is 0 Å². The molecule has 0 spiro atoms. The smallest absolute Gasteiger partial charge is 0.305 e. The number of rotatable bonds is 60. The molecular formula is C67H133N3O5. The second-order valence-electron chi connectivity index (χ2n) is 23.9. The van der Waals surface area contributed by atoms with Gasteiger partial charge in [0.25, 0.3) is 0 Å². The molecule has 8 nitrogen and oxygen atoms in total. The van der Waals surface area contributed by atoms with Crippen molar-refractivity contribution in [3.8, 4) is 0 Å². The van der Waals surface area contributed by atoms with E-state index in [-0.39, 0.29) is 11.9 Å². The van der Waals surface area contributed by atoms with Crippen molar-refractivity contribution in [2.24, 2.45) is 11.8 Å². The Bertz CT molecular complexity index is 1140. The lowest BCUT2D eigenvalue weighted by molar-refractivity contribution is -0.146. The third-order valence-corrected chi connectivity index (χ3v) is 16.3. The molecule has 0 aromatic heterocycles. The van der Waals surface area contributed by atoms with Crippen LogP contribution in [0.5, 0.6) is 0 Å². The third kappa shape index (κ3) is 49.1. The summed E-state index contributed by atoms with van der Waals surface area (Å²) in [5, 5.41) is 0. The molecule has 0 saturated carbocycles. The van der Waals surface area contributed by atoms with Gasteiger partial charge in [0.15, 0.2) is 0 Å². The molecule has 446 valence electrons. The van der Waals surface area contributed by atoms with E-state index in [0.717, 1.165) is 77.7 Å². The van der Waals surface area contributed by atoms with Gasteiger partial charge in [-0.25, -0.2) is 0 Å². The van der Waals surface area contributed by atoms with Crippen LogP contribution in [0.2, 0.25) is 0 Å². The molecule has 0 aliphatic rings. The van der Waals surface area contributed by atoms with E-state index in [9.17, 15) is 14.4 Å². The lowest BCUT2D eigenvalue weighted by Gasteiger charge is -2.33. The van der Waals surface area contributed by atoms with E-state index in [1.165, 1.54) is 231 Å². The zero-order valence-electron chi connectivity index (χ0n) is 52.1. The number of esters is 2. The minimum absolute atomic E-state index is 0.00300. The van der Waals surface area contributed by atoms with Crippen LogP contribution >= 0.6 is 0 Å². The summed E-state index contributed by atoms with van der Waals surface area (Å²) in [6, 6.07) is 0.496. The predicted octanol–water partition coefficient (Wildman–Crippen LogP) is 19.4. The first kappa shape index (κ1) is 73.3. The Hall–Kier alpha value is -1.67. The number of hydrogen-bond acceptors (Lipinski definition) is 7. The van der Waals surface area contributed by atoms with Crippen LogP contribution in [0.1, 0.15) is 337 Å². The molecule has 0 bridgehead atoms. The Morgan fingerprint density at radius 2 is 0.653 bits per heavy atom. The van der Waals surface area contributed by atoms with Crippen molar-refractivity contribution < 1.29 is 23.9 Å². The highest BCUT2D eigenvalue weighted by Crippen LogP contribution is 2.23. The summed E-state index contributed by atoms with van der Waals surface area (Å²) >= 11 is 0. The standard InChI is InChI=1S/C67H133N3O5/c1-9-15-21-25-35-43-56-70(57-44-36-26-22-16-10-2)65(71)54-59-69(58-45-55-68(7)8)64(50-39-31-27-29-33-41-52-66(72)74-60-62(46-19-13-5)48-37-23-17-11-3)51-40-32-28-30-34-42-53-67(73)75-61-63(47-20-14-6)49-38-24-18-12-4/h62-64H,9-61H2,1-8H3. The van der Waals surface area contributed by atoms with Gasteiger partial charge in [-0.3, -0.25) is 19.3 Å². The Balaban J connectivity index is 5.51. The van der Waals surface area contributed by atoms with Gasteiger partial charge < -0.3 is 19.3 Å². The van der Waals surface area contributed by atoms with Gasteiger partial charge in [0.05, 0.1) is 13.2 Å². The first-order valence-electron chi connectivity index (χ1n) is 33.6. The average molecular weight is 1060 g/mol. The van der Waals surface area contributed by atoms with Gasteiger partial charge in [-0.1, -0.05) is 247 Å². The normalized spacial score (nSPS) is 12.9. The summed E-state index contributed by atoms with van der Waals surface area (Å²) in [5.41, 5.74) is 0. The van der Waals surface area contributed by atoms with E-state index in [0.29, 0.717) is 56.3 Å². The van der Waals surface area contributed by atoms with E-state index in [1.807, 2.05) is 0 Å². The molecule has 0 aromatic rings. The van der Waals surface area contributed by atoms with Crippen molar-refractivity contribution in [2.45, 2.75) is 343 Å². The summed E-state index contributed by atoms with van der Waals surface area (Å²) in [7, 11) is 4.36. The van der Waals surface area contributed by atoms with Gasteiger partial charge in [0.1, 0.15) is 0 Å². The fourth-order valence-electron chi connectivity index (χ4n) is 11.1. The molecule has 0 aromatic carbocycles. The zero-order chi connectivity index (χ0) is 55.1. The lowest BCUT2D eigenvalue weighted by atomic mass is 9.96. The molecule has 0 saturated heterocycles. The van der Waals surface area contributed by atoms with E-state index in [2.05, 4.69) is 70.3 Å². The summed E-state index contributed by atoms with van der Waals surface area (Å²) < 4.78 is 11.7. The quantitative estimate of drug-likeness (QED) is 0.0443. The molecule has 0 aliphatic carbocycles. The van der Waals surface area contributed by atoms with E-state index in [4.69, 9.17) is 9.47 Å². The van der Waals surface area contributed by atoms with E-state index in [1.54, 1.807) is 0 Å². The van der Waals surface area contributed by atoms with Gasteiger partial charge in [-0.15, -0.1) is 0 Å². The summed E-state index contributed by atoms with van der Waals surface area (Å²) in [5.74, 6) is 1.43. The maximum atomic E-state index is 14.2. The molecular weight excluding hydrogens is 927 g/mol. The van der Waals surface area contributed by atoms with Crippen molar-refractivity contribution >= 4 is 17.8 Å². The number of amides is 1. The number of nitrogens with zero attached hydrogens (tertiary/aromatic N) is 3. The highest BCUT2D eigenvalue weighted by molar-refractivity contribution is 5.76. The number of ether oxygens (including phenoxy) is 2. The van der Waals surface area contributed by atoms with Crippen LogP contribution in [0, 0.1) is 11.8 Å². The van der Waals surface area contributed by atoms with Crippen molar-refractivity contribution in [3.63, 3.8) is 0 Å². The summed E-state index contributed by atoms with van der Waals surface area (Å²) in [4.78, 5) is 47.0. The first-order chi connectivity index (χ1) is 36.6. The van der Waals surface area contributed by atoms with Crippen LogP contribution in [-0.2, 0) is 23.9 Å². The van der Waals surface area contributed by atoms with Crippen molar-refractivity contribution in [2.75, 3.05) is 60.0 Å². The van der Waals surface area contributed by atoms with Crippen molar-refractivity contribution in [1.29, 1.82) is 0 Å². The maximum Gasteiger partial charge on any atom is 0.305 e. The Morgan fingerprint density at radius 1 is 0.320 bits per heavy atom. The SMILES string of the molecule is CCCCCCCCN(CCCCCCCC)C(=O)CCN(CCCN(C)C)C(CCCCCCCCC(=O)OCC(CCCC)CCCCCC)CCCCCCCCC(=O)OCC(CCCC)CCCCCC. The minimum Gasteiger partial charge on any atom is -0.465 e. The highest BCUT2D eigenvalue weighted by Gasteiger charge is 2.22. The maximum absolute atomic E-state index is 14.2. The topological polar surface area (TPSA) is 79.4 Å². The molecule has 75 heavy (non-hydrogen) atoms. The van der Waals surface area contributed by atoms with Gasteiger partial charge >= 0.3 is 11.9 Å². The highest BCUT2D eigenvalue weighted by atomic mass is 16.5. The predicted molar refractivity (Wildman–Crippen MR) is 326 cm³/mol. The third-order valence-electron chi connectivity index (χ3n) is 16.3. The van der Waals surface area contributed by atoms with E-state index < -0.39 is 0 Å². The molecule has 0 heterocycles. The molecule has 2 atom stereocenters. The molecule has 0 aliphatic heterocycles. The van der Waals surface area contributed by atoms with Crippen LogP contribution in [0.4, 0.5) is 0 Å². The molecule has 2 unspecified atom stereocenters. The number of carbonyl (C=O) groups excluding carboxylic acids is 3. The lowest BCUT2D eigenvalue weighted by Crippen LogP contribution is -2.41. The summed E-state index contributed by atoms with van der Waals surface area (Å²) in [6.07, 6.45) is 54.0. The Kier molecular flexibility index (Phi) is 55.8. The van der Waals surface area contributed by atoms with Gasteiger partial charge in [0, 0.05) is 44.9 Å². The Morgan fingerprint density at radius 3 is 1.05 bits per heavy atom. The van der Waals surface area contributed by atoms with Crippen molar-refractivity contribution in [1.82, 2.24) is 14.7 Å². The molecule has 0 fully saturated rings. The molecule has 0 rings (SSSR count). The molecule has 0 N–H and O–H groups in total. The fraction of sp³-hybridized carbons (Fsp3) is 0.955. The largest absolute Gasteiger partial charge is 0.465 e. The molecule has 1 amide bonds. The van der Waals surface area contributed by atoms with Gasteiger partial charge in [0.2, 0.25) is 5.91 Å². The average Bonchev–Trinajstić information content (AvgIpc) is 3.40. The number of carbonyl (C=O) groups is 3. The van der Waals surface area contributed by atoms with Gasteiger partial charge in [-0.2, -0.15) is 0 Å². The zero-order valence-corrected chi connectivity index (χ0v) is 52.1. The first-order valence-corrected chi connectivity index (χ1v) is 33.6. The molecule has 8 heteroatoms. The second kappa shape index (κ2) is 57.0. The summed E-state index contributed by atoms with van der Waals surface area (Å²) in [6.45, 7) is 19.6. The fourth-order valence-corrected chi connectivity index (χ4v) is 11.1. The Labute approximate surface area is 469 Å². The number of hydrogen-bond donors (Lipinski definition) is 0. The van der Waals surface area contributed by atoms with Crippen LogP contribution in [0.3, 0.4) is 0 Å².